The Hall–Kier alpha value is -2.56. The highest BCUT2D eigenvalue weighted by molar-refractivity contribution is 5.95. The van der Waals surface area contributed by atoms with Crippen LogP contribution in [0.1, 0.15) is 21.5 Å². The number of aromatic nitrogens is 1. The Balaban J connectivity index is 2.44. The molecule has 2 aromatic rings. The number of anilines is 1. The second kappa shape index (κ2) is 4.97. The number of carbonyl (C=O) groups excluding carboxylic acids is 1. The third-order valence-corrected chi connectivity index (χ3v) is 2.90. The molecule has 0 aliphatic carbocycles. The summed E-state index contributed by atoms with van der Waals surface area (Å²) in [4.78, 5) is 15.4. The summed E-state index contributed by atoms with van der Waals surface area (Å²) in [6.45, 7) is 3.92. The number of rotatable bonds is 3. The molecule has 0 aliphatic heterocycles. The van der Waals surface area contributed by atoms with Gasteiger partial charge in [0.15, 0.2) is 0 Å². The number of hydrogen-bond donors (Lipinski definition) is 2. The predicted molar refractivity (Wildman–Crippen MR) is 73.2 cm³/mol. The summed E-state index contributed by atoms with van der Waals surface area (Å²) in [6.07, 6.45) is 1.42. The number of hydrogen-bond acceptors (Lipinski definition) is 4. The molecule has 1 aromatic carbocycles. The standard InChI is InChI=1S/C14H15N3O2/c1-8-4-3-5-12(9(8)2)19-14-11(13(16)18)6-10(15)7-17-14/h3-7H,15H2,1-2H3,(H2,16,18). The molecule has 1 amide bonds. The van der Waals surface area contributed by atoms with Crippen LogP contribution in [0.3, 0.4) is 0 Å². The summed E-state index contributed by atoms with van der Waals surface area (Å²) in [6, 6.07) is 7.12. The number of carbonyl (C=O) groups is 1. The number of nitrogens with two attached hydrogens (primary N) is 2. The maximum Gasteiger partial charge on any atom is 0.254 e. The van der Waals surface area contributed by atoms with Gasteiger partial charge in [-0.05, 0) is 37.1 Å². The van der Waals surface area contributed by atoms with Crippen molar-refractivity contribution in [2.24, 2.45) is 5.73 Å². The highest BCUT2D eigenvalue weighted by Gasteiger charge is 2.13. The lowest BCUT2D eigenvalue weighted by atomic mass is 10.1. The molecule has 0 unspecified atom stereocenters. The second-order valence-electron chi connectivity index (χ2n) is 4.29. The van der Waals surface area contributed by atoms with E-state index in [1.807, 2.05) is 32.0 Å². The van der Waals surface area contributed by atoms with Gasteiger partial charge in [0.05, 0.1) is 11.9 Å². The van der Waals surface area contributed by atoms with Crippen molar-refractivity contribution in [3.63, 3.8) is 0 Å². The summed E-state index contributed by atoms with van der Waals surface area (Å²) >= 11 is 0. The van der Waals surface area contributed by atoms with Gasteiger partial charge in [0.25, 0.3) is 5.91 Å². The first kappa shape index (κ1) is 12.9. The number of nitrogens with zero attached hydrogens (tertiary/aromatic N) is 1. The Morgan fingerprint density at radius 3 is 2.74 bits per heavy atom. The van der Waals surface area contributed by atoms with E-state index in [2.05, 4.69) is 4.98 Å². The molecule has 0 bridgehead atoms. The van der Waals surface area contributed by atoms with Crippen LogP contribution >= 0.6 is 0 Å². The van der Waals surface area contributed by atoms with E-state index in [1.165, 1.54) is 12.3 Å². The van der Waals surface area contributed by atoms with Crippen LogP contribution in [0, 0.1) is 13.8 Å². The van der Waals surface area contributed by atoms with Crippen LogP contribution in [-0.2, 0) is 0 Å². The van der Waals surface area contributed by atoms with Gasteiger partial charge in [0.1, 0.15) is 11.3 Å². The van der Waals surface area contributed by atoms with Crippen molar-refractivity contribution in [3.05, 3.63) is 47.2 Å². The fraction of sp³-hybridized carbons (Fsp3) is 0.143. The number of pyridine rings is 1. The second-order valence-corrected chi connectivity index (χ2v) is 4.29. The van der Waals surface area contributed by atoms with Gasteiger partial charge in [0.2, 0.25) is 5.88 Å². The maximum absolute atomic E-state index is 11.4. The largest absolute Gasteiger partial charge is 0.438 e. The monoisotopic (exact) mass is 257 g/mol. The van der Waals surface area contributed by atoms with E-state index in [0.717, 1.165) is 11.1 Å². The van der Waals surface area contributed by atoms with Gasteiger partial charge in [-0.15, -0.1) is 0 Å². The van der Waals surface area contributed by atoms with Crippen molar-refractivity contribution >= 4 is 11.6 Å². The van der Waals surface area contributed by atoms with Crippen LogP contribution in [0.2, 0.25) is 0 Å². The first-order chi connectivity index (χ1) is 8.99. The molecule has 5 nitrogen and oxygen atoms in total. The molecule has 98 valence electrons. The zero-order valence-corrected chi connectivity index (χ0v) is 10.8. The van der Waals surface area contributed by atoms with Crippen LogP contribution in [0.25, 0.3) is 0 Å². The Morgan fingerprint density at radius 1 is 1.32 bits per heavy atom. The minimum Gasteiger partial charge on any atom is -0.438 e. The third-order valence-electron chi connectivity index (χ3n) is 2.90. The first-order valence-corrected chi connectivity index (χ1v) is 5.78. The van der Waals surface area contributed by atoms with Crippen LogP contribution in [0.4, 0.5) is 5.69 Å². The van der Waals surface area contributed by atoms with E-state index in [0.29, 0.717) is 11.4 Å². The normalized spacial score (nSPS) is 10.2. The lowest BCUT2D eigenvalue weighted by Gasteiger charge is -2.11. The minimum atomic E-state index is -0.625. The van der Waals surface area contributed by atoms with E-state index in [9.17, 15) is 4.79 Å². The number of amides is 1. The van der Waals surface area contributed by atoms with E-state index < -0.39 is 5.91 Å². The Labute approximate surface area is 111 Å². The van der Waals surface area contributed by atoms with Gasteiger partial charge in [-0.25, -0.2) is 4.98 Å². The molecule has 1 aromatic heterocycles. The lowest BCUT2D eigenvalue weighted by Crippen LogP contribution is -2.13. The fourth-order valence-electron chi connectivity index (χ4n) is 1.67. The van der Waals surface area contributed by atoms with Crippen molar-refractivity contribution in [1.29, 1.82) is 0 Å². The molecule has 0 saturated carbocycles. The number of primary amides is 1. The maximum atomic E-state index is 11.4. The smallest absolute Gasteiger partial charge is 0.254 e. The van der Waals surface area contributed by atoms with Crippen molar-refractivity contribution in [3.8, 4) is 11.6 Å². The quantitative estimate of drug-likeness (QED) is 0.881. The van der Waals surface area contributed by atoms with Crippen molar-refractivity contribution < 1.29 is 9.53 Å². The van der Waals surface area contributed by atoms with Crippen molar-refractivity contribution in [2.75, 3.05) is 5.73 Å². The summed E-state index contributed by atoms with van der Waals surface area (Å²) in [5.41, 5.74) is 13.5. The Kier molecular flexibility index (Phi) is 3.37. The SMILES string of the molecule is Cc1cccc(Oc2ncc(N)cc2C(N)=O)c1C. The van der Waals surface area contributed by atoms with E-state index >= 15 is 0 Å². The fourth-order valence-corrected chi connectivity index (χ4v) is 1.67. The number of aryl methyl sites for hydroxylation is 1. The third kappa shape index (κ3) is 2.65. The molecule has 0 atom stereocenters. The van der Waals surface area contributed by atoms with Gasteiger partial charge >= 0.3 is 0 Å². The first-order valence-electron chi connectivity index (χ1n) is 5.78. The van der Waals surface area contributed by atoms with Crippen molar-refractivity contribution in [1.82, 2.24) is 4.98 Å². The lowest BCUT2D eigenvalue weighted by molar-refractivity contribution is 0.0997. The van der Waals surface area contributed by atoms with Gasteiger partial charge in [-0.1, -0.05) is 12.1 Å². The molecule has 5 heteroatoms. The van der Waals surface area contributed by atoms with Crippen LogP contribution in [0.15, 0.2) is 30.5 Å². The highest BCUT2D eigenvalue weighted by atomic mass is 16.5. The Morgan fingerprint density at radius 2 is 2.05 bits per heavy atom. The topological polar surface area (TPSA) is 91.2 Å². The molecule has 19 heavy (non-hydrogen) atoms. The van der Waals surface area contributed by atoms with Gasteiger partial charge in [0, 0.05) is 0 Å². The van der Waals surface area contributed by atoms with E-state index in [1.54, 1.807) is 0 Å². The summed E-state index contributed by atoms with van der Waals surface area (Å²) in [7, 11) is 0. The number of benzene rings is 1. The zero-order chi connectivity index (χ0) is 14.0. The van der Waals surface area contributed by atoms with Crippen LogP contribution < -0.4 is 16.2 Å². The molecule has 0 saturated heterocycles. The van der Waals surface area contributed by atoms with Gasteiger partial charge < -0.3 is 16.2 Å². The zero-order valence-electron chi connectivity index (χ0n) is 10.8. The molecule has 4 N–H and O–H groups in total. The van der Waals surface area contributed by atoms with Gasteiger partial charge in [-0.3, -0.25) is 4.79 Å². The van der Waals surface area contributed by atoms with Crippen LogP contribution in [-0.4, -0.2) is 10.9 Å². The minimum absolute atomic E-state index is 0.162. The molecule has 0 spiro atoms. The predicted octanol–water partition coefficient (Wildman–Crippen LogP) is 2.17. The van der Waals surface area contributed by atoms with Crippen molar-refractivity contribution in [2.45, 2.75) is 13.8 Å². The van der Waals surface area contributed by atoms with E-state index in [-0.39, 0.29) is 11.4 Å². The number of ether oxygens (including phenoxy) is 1. The highest BCUT2D eigenvalue weighted by Crippen LogP contribution is 2.28. The average molecular weight is 257 g/mol. The molecule has 0 fully saturated rings. The molecule has 1 heterocycles. The van der Waals surface area contributed by atoms with Crippen LogP contribution in [0.5, 0.6) is 11.6 Å². The molecule has 0 radical (unpaired) electrons. The molecule has 2 rings (SSSR count). The molecule has 0 aliphatic rings. The molecular weight excluding hydrogens is 242 g/mol. The summed E-state index contributed by atoms with van der Waals surface area (Å²) < 4.78 is 5.67. The average Bonchev–Trinajstić information content (AvgIpc) is 2.36. The summed E-state index contributed by atoms with van der Waals surface area (Å²) in [5.74, 6) is 0.176. The van der Waals surface area contributed by atoms with Gasteiger partial charge in [-0.2, -0.15) is 0 Å². The summed E-state index contributed by atoms with van der Waals surface area (Å²) in [5, 5.41) is 0. The molecular formula is C14H15N3O2. The van der Waals surface area contributed by atoms with E-state index in [4.69, 9.17) is 16.2 Å². The number of nitrogen functional groups attached to an aromatic ring is 1. The Bertz CT molecular complexity index is 639.